The van der Waals surface area contributed by atoms with Crippen LogP contribution in [0.25, 0.3) is 6.08 Å². The predicted molar refractivity (Wildman–Crippen MR) is 81.8 cm³/mol. The highest BCUT2D eigenvalue weighted by atomic mass is 19.1. The molecule has 5 nitrogen and oxygen atoms in total. The van der Waals surface area contributed by atoms with Crippen molar-refractivity contribution < 1.29 is 18.7 Å². The SMILES string of the molecule is O=C1NC(=O)/C(=C\c2ccc(OCc3ccc(F)cc3)cc2)N1. The third-order valence-corrected chi connectivity index (χ3v) is 3.23. The van der Waals surface area contributed by atoms with Crippen LogP contribution in [0.5, 0.6) is 5.75 Å². The predicted octanol–water partition coefficient (Wildman–Crippen LogP) is 2.58. The van der Waals surface area contributed by atoms with Crippen LogP contribution in [0, 0.1) is 5.82 Å². The Kier molecular flexibility index (Phi) is 4.05. The molecule has 116 valence electrons. The lowest BCUT2D eigenvalue weighted by atomic mass is 10.2. The van der Waals surface area contributed by atoms with Gasteiger partial charge in [-0.3, -0.25) is 10.1 Å². The van der Waals surface area contributed by atoms with E-state index in [-0.39, 0.29) is 11.5 Å². The molecule has 0 atom stereocenters. The fraction of sp³-hybridized carbons (Fsp3) is 0.0588. The van der Waals surface area contributed by atoms with Crippen molar-refractivity contribution in [2.24, 2.45) is 0 Å². The molecule has 1 saturated heterocycles. The van der Waals surface area contributed by atoms with Gasteiger partial charge in [0.2, 0.25) is 0 Å². The maximum absolute atomic E-state index is 12.8. The van der Waals surface area contributed by atoms with E-state index in [9.17, 15) is 14.0 Å². The van der Waals surface area contributed by atoms with E-state index in [0.29, 0.717) is 12.4 Å². The molecule has 0 saturated carbocycles. The van der Waals surface area contributed by atoms with Gasteiger partial charge in [0, 0.05) is 0 Å². The van der Waals surface area contributed by atoms with Crippen molar-refractivity contribution in [1.29, 1.82) is 0 Å². The molecule has 1 aliphatic heterocycles. The van der Waals surface area contributed by atoms with Gasteiger partial charge in [-0.25, -0.2) is 9.18 Å². The molecular weight excluding hydrogens is 299 g/mol. The molecule has 0 bridgehead atoms. The van der Waals surface area contributed by atoms with Crippen LogP contribution in [-0.2, 0) is 11.4 Å². The second-order valence-electron chi connectivity index (χ2n) is 4.95. The minimum Gasteiger partial charge on any atom is -0.489 e. The number of nitrogens with one attached hydrogen (secondary N) is 2. The van der Waals surface area contributed by atoms with Crippen LogP contribution < -0.4 is 15.4 Å². The van der Waals surface area contributed by atoms with Crippen molar-refractivity contribution in [3.8, 4) is 5.75 Å². The lowest BCUT2D eigenvalue weighted by Crippen LogP contribution is -2.22. The fourth-order valence-corrected chi connectivity index (χ4v) is 2.06. The molecule has 1 heterocycles. The van der Waals surface area contributed by atoms with Crippen molar-refractivity contribution in [3.05, 3.63) is 71.2 Å². The number of hydrogen-bond donors (Lipinski definition) is 2. The highest BCUT2D eigenvalue weighted by Crippen LogP contribution is 2.16. The normalized spacial score (nSPS) is 15.4. The summed E-state index contributed by atoms with van der Waals surface area (Å²) < 4.78 is 18.4. The van der Waals surface area contributed by atoms with Crippen LogP contribution >= 0.6 is 0 Å². The van der Waals surface area contributed by atoms with Crippen LogP contribution in [0.15, 0.2) is 54.2 Å². The molecule has 0 unspecified atom stereocenters. The van der Waals surface area contributed by atoms with Gasteiger partial charge in [-0.05, 0) is 41.5 Å². The summed E-state index contributed by atoms with van der Waals surface area (Å²) in [5, 5.41) is 4.55. The van der Waals surface area contributed by atoms with Gasteiger partial charge in [-0.15, -0.1) is 0 Å². The second-order valence-corrected chi connectivity index (χ2v) is 4.95. The zero-order valence-electron chi connectivity index (χ0n) is 12.0. The molecule has 0 spiro atoms. The Bertz CT molecular complexity index is 767. The highest BCUT2D eigenvalue weighted by Gasteiger charge is 2.22. The number of carbonyl (C=O) groups is 2. The van der Waals surface area contributed by atoms with E-state index in [0.717, 1.165) is 11.1 Å². The number of halogens is 1. The summed E-state index contributed by atoms with van der Waals surface area (Å²) in [6.45, 7) is 0.333. The average Bonchev–Trinajstić information content (AvgIpc) is 2.86. The van der Waals surface area contributed by atoms with Gasteiger partial charge >= 0.3 is 6.03 Å². The Hall–Kier alpha value is -3.15. The summed E-state index contributed by atoms with van der Waals surface area (Å²) >= 11 is 0. The van der Waals surface area contributed by atoms with Crippen molar-refractivity contribution in [2.45, 2.75) is 6.61 Å². The van der Waals surface area contributed by atoms with Gasteiger partial charge in [0.1, 0.15) is 23.9 Å². The Balaban J connectivity index is 1.63. The third kappa shape index (κ3) is 3.74. The van der Waals surface area contributed by atoms with E-state index >= 15 is 0 Å². The maximum Gasteiger partial charge on any atom is 0.326 e. The number of benzene rings is 2. The minimum atomic E-state index is -0.527. The zero-order valence-corrected chi connectivity index (χ0v) is 12.0. The summed E-state index contributed by atoms with van der Waals surface area (Å²) in [5.41, 5.74) is 1.82. The van der Waals surface area contributed by atoms with E-state index in [4.69, 9.17) is 4.74 Å². The Morgan fingerprint density at radius 1 is 0.957 bits per heavy atom. The number of rotatable bonds is 4. The van der Waals surface area contributed by atoms with Crippen LogP contribution in [0.3, 0.4) is 0 Å². The van der Waals surface area contributed by atoms with Gasteiger partial charge in [-0.1, -0.05) is 24.3 Å². The molecule has 1 fully saturated rings. The van der Waals surface area contributed by atoms with Gasteiger partial charge < -0.3 is 10.1 Å². The van der Waals surface area contributed by atoms with E-state index in [1.54, 1.807) is 42.5 Å². The average molecular weight is 312 g/mol. The summed E-state index contributed by atoms with van der Waals surface area (Å²) in [7, 11) is 0. The van der Waals surface area contributed by atoms with Crippen molar-refractivity contribution in [1.82, 2.24) is 10.6 Å². The molecule has 1 aliphatic rings. The van der Waals surface area contributed by atoms with Crippen LogP contribution in [0.1, 0.15) is 11.1 Å². The van der Waals surface area contributed by atoms with Gasteiger partial charge in [0.15, 0.2) is 0 Å². The summed E-state index contributed by atoms with van der Waals surface area (Å²) in [6.07, 6.45) is 1.57. The van der Waals surface area contributed by atoms with Crippen LogP contribution in [0.2, 0.25) is 0 Å². The van der Waals surface area contributed by atoms with Gasteiger partial charge in [-0.2, -0.15) is 0 Å². The molecule has 0 radical (unpaired) electrons. The first-order valence-corrected chi connectivity index (χ1v) is 6.91. The summed E-state index contributed by atoms with van der Waals surface area (Å²) in [4.78, 5) is 22.4. The Morgan fingerprint density at radius 2 is 1.65 bits per heavy atom. The molecule has 2 aromatic carbocycles. The number of urea groups is 1. The summed E-state index contributed by atoms with van der Waals surface area (Å²) in [5.74, 6) is -0.0859. The standard InChI is InChI=1S/C17H13FN2O3/c18-13-5-1-12(2-6-13)10-23-14-7-3-11(4-8-14)9-15-16(21)20-17(22)19-15/h1-9H,10H2,(H2,19,20,21,22)/b15-9+. The quantitative estimate of drug-likeness (QED) is 0.673. The van der Waals surface area contributed by atoms with E-state index in [1.165, 1.54) is 12.1 Å². The summed E-state index contributed by atoms with van der Waals surface area (Å²) in [6, 6.07) is 12.6. The number of hydrogen-bond acceptors (Lipinski definition) is 3. The van der Waals surface area contributed by atoms with E-state index < -0.39 is 11.9 Å². The maximum atomic E-state index is 12.8. The lowest BCUT2D eigenvalue weighted by Gasteiger charge is -2.06. The molecule has 2 aromatic rings. The fourth-order valence-electron chi connectivity index (χ4n) is 2.06. The van der Waals surface area contributed by atoms with Gasteiger partial charge in [0.25, 0.3) is 5.91 Å². The first-order chi connectivity index (χ1) is 11.1. The largest absolute Gasteiger partial charge is 0.489 e. The van der Waals surface area contributed by atoms with Crippen LogP contribution in [0.4, 0.5) is 9.18 Å². The smallest absolute Gasteiger partial charge is 0.326 e. The lowest BCUT2D eigenvalue weighted by molar-refractivity contribution is -0.115. The third-order valence-electron chi connectivity index (χ3n) is 3.23. The zero-order chi connectivity index (χ0) is 16.2. The molecule has 6 heteroatoms. The molecule has 3 amide bonds. The first kappa shape index (κ1) is 14.8. The monoisotopic (exact) mass is 312 g/mol. The topological polar surface area (TPSA) is 67.4 Å². The van der Waals surface area contributed by atoms with E-state index in [1.807, 2.05) is 0 Å². The molecule has 2 N–H and O–H groups in total. The van der Waals surface area contributed by atoms with Crippen LogP contribution in [-0.4, -0.2) is 11.9 Å². The Morgan fingerprint density at radius 3 is 2.26 bits per heavy atom. The highest BCUT2D eigenvalue weighted by molar-refractivity contribution is 6.13. The number of carbonyl (C=O) groups excluding carboxylic acids is 2. The molecule has 3 rings (SSSR count). The van der Waals surface area contributed by atoms with Gasteiger partial charge in [0.05, 0.1) is 0 Å². The minimum absolute atomic E-state index is 0.204. The molecule has 0 aromatic heterocycles. The molecule has 0 aliphatic carbocycles. The second kappa shape index (κ2) is 6.31. The first-order valence-electron chi connectivity index (χ1n) is 6.91. The number of imide groups is 1. The number of amides is 3. The van der Waals surface area contributed by atoms with Crippen molar-refractivity contribution in [2.75, 3.05) is 0 Å². The Labute approximate surface area is 131 Å². The van der Waals surface area contributed by atoms with Crippen molar-refractivity contribution in [3.63, 3.8) is 0 Å². The van der Waals surface area contributed by atoms with Crippen molar-refractivity contribution >= 4 is 18.0 Å². The molecule has 23 heavy (non-hydrogen) atoms. The van der Waals surface area contributed by atoms with E-state index in [2.05, 4.69) is 10.6 Å². The molecular formula is C17H13FN2O3. The number of ether oxygens (including phenoxy) is 1.